The molecule has 1 aromatic heterocycles. The molecule has 1 aliphatic heterocycles. The molecule has 0 radical (unpaired) electrons. The van der Waals surface area contributed by atoms with Crippen LogP contribution in [0.25, 0.3) is 0 Å². The highest BCUT2D eigenvalue weighted by Crippen LogP contribution is 2.24. The first-order valence-corrected chi connectivity index (χ1v) is 6.85. The van der Waals surface area contributed by atoms with E-state index in [1.807, 2.05) is 27.8 Å². The van der Waals surface area contributed by atoms with Crippen LogP contribution in [0.3, 0.4) is 0 Å². The van der Waals surface area contributed by atoms with E-state index in [1.54, 1.807) is 0 Å². The number of nitrogens with zero attached hydrogens (tertiary/aromatic N) is 2. The number of aromatic nitrogens is 1. The van der Waals surface area contributed by atoms with Crippen LogP contribution in [0, 0.1) is 5.92 Å². The first-order chi connectivity index (χ1) is 8.69. The number of piperidine rings is 1. The summed E-state index contributed by atoms with van der Waals surface area (Å²) in [6.45, 7) is 6.45. The van der Waals surface area contributed by atoms with E-state index in [-0.39, 0.29) is 11.9 Å². The predicted octanol–water partition coefficient (Wildman–Crippen LogP) is 1.71. The zero-order valence-corrected chi connectivity index (χ0v) is 11.3. The van der Waals surface area contributed by atoms with Crippen LogP contribution in [0.2, 0.25) is 0 Å². The maximum Gasteiger partial charge on any atom is 0.270 e. The molecule has 2 N–H and O–H groups in total. The third kappa shape index (κ3) is 2.29. The highest BCUT2D eigenvalue weighted by Gasteiger charge is 2.32. The summed E-state index contributed by atoms with van der Waals surface area (Å²) in [5.41, 5.74) is 6.63. The molecule has 0 aliphatic carbocycles. The van der Waals surface area contributed by atoms with Crippen molar-refractivity contribution in [3.05, 3.63) is 24.0 Å². The molecule has 1 aliphatic rings. The summed E-state index contributed by atoms with van der Waals surface area (Å²) in [6, 6.07) is 4.02. The molecular formula is C14H23N3O. The van der Waals surface area contributed by atoms with E-state index >= 15 is 0 Å². The molecule has 1 saturated heterocycles. The van der Waals surface area contributed by atoms with Gasteiger partial charge >= 0.3 is 0 Å². The van der Waals surface area contributed by atoms with E-state index in [1.165, 1.54) is 6.42 Å². The van der Waals surface area contributed by atoms with Gasteiger partial charge in [0.2, 0.25) is 0 Å². The van der Waals surface area contributed by atoms with Crippen molar-refractivity contribution in [3.63, 3.8) is 0 Å². The lowest BCUT2D eigenvalue weighted by atomic mass is 9.90. The monoisotopic (exact) mass is 249 g/mol. The number of carbonyl (C=O) groups is 1. The van der Waals surface area contributed by atoms with E-state index in [0.29, 0.717) is 12.5 Å². The van der Waals surface area contributed by atoms with Crippen molar-refractivity contribution in [1.29, 1.82) is 0 Å². The number of nitrogens with two attached hydrogens (primary N) is 1. The minimum atomic E-state index is 0.129. The molecule has 2 heterocycles. The highest BCUT2D eigenvalue weighted by atomic mass is 16.2. The van der Waals surface area contributed by atoms with Crippen molar-refractivity contribution in [2.75, 3.05) is 13.1 Å². The highest BCUT2D eigenvalue weighted by molar-refractivity contribution is 5.93. The van der Waals surface area contributed by atoms with Gasteiger partial charge < -0.3 is 15.2 Å². The summed E-state index contributed by atoms with van der Waals surface area (Å²) in [7, 11) is 0. The third-order valence-corrected chi connectivity index (χ3v) is 4.01. The minimum absolute atomic E-state index is 0.129. The molecule has 1 fully saturated rings. The minimum Gasteiger partial charge on any atom is -0.344 e. The molecule has 18 heavy (non-hydrogen) atoms. The number of rotatable bonds is 3. The molecule has 2 rings (SSSR count). The van der Waals surface area contributed by atoms with Crippen LogP contribution >= 0.6 is 0 Å². The first-order valence-electron chi connectivity index (χ1n) is 6.85. The van der Waals surface area contributed by atoms with Crippen molar-refractivity contribution in [1.82, 2.24) is 9.47 Å². The van der Waals surface area contributed by atoms with Crippen LogP contribution in [-0.4, -0.2) is 34.5 Å². The lowest BCUT2D eigenvalue weighted by molar-refractivity contribution is 0.0522. The van der Waals surface area contributed by atoms with Gasteiger partial charge in [0, 0.05) is 31.9 Å². The van der Waals surface area contributed by atoms with E-state index in [9.17, 15) is 4.79 Å². The second kappa shape index (κ2) is 5.57. The average Bonchev–Trinajstić information content (AvgIpc) is 2.85. The number of aryl methyl sites for hydroxylation is 1. The smallest absolute Gasteiger partial charge is 0.270 e. The van der Waals surface area contributed by atoms with Crippen molar-refractivity contribution in [2.24, 2.45) is 11.7 Å². The summed E-state index contributed by atoms with van der Waals surface area (Å²) in [5.74, 6) is 0.626. The molecule has 0 saturated carbocycles. The average molecular weight is 249 g/mol. The summed E-state index contributed by atoms with van der Waals surface area (Å²) >= 11 is 0. The van der Waals surface area contributed by atoms with Gasteiger partial charge in [-0.15, -0.1) is 0 Å². The Morgan fingerprint density at radius 3 is 3.00 bits per heavy atom. The molecule has 1 aromatic rings. The fourth-order valence-electron chi connectivity index (χ4n) is 2.89. The van der Waals surface area contributed by atoms with Gasteiger partial charge in [-0.25, -0.2) is 0 Å². The topological polar surface area (TPSA) is 51.3 Å². The summed E-state index contributed by atoms with van der Waals surface area (Å²) < 4.78 is 2.00. The van der Waals surface area contributed by atoms with E-state index in [2.05, 4.69) is 13.8 Å². The van der Waals surface area contributed by atoms with Gasteiger partial charge in [-0.2, -0.15) is 0 Å². The Kier molecular flexibility index (Phi) is 4.07. The second-order valence-electron chi connectivity index (χ2n) is 5.10. The zero-order valence-electron chi connectivity index (χ0n) is 11.3. The number of hydrogen-bond donors (Lipinski definition) is 1. The van der Waals surface area contributed by atoms with Crippen LogP contribution in [0.1, 0.15) is 37.2 Å². The standard InChI is InChI=1S/C14H23N3O/c1-3-16-8-5-7-12(16)14(18)17-9-4-6-11(2)13(17)10-15/h5,7-8,11,13H,3-4,6,9-10,15H2,1-2H3. The Morgan fingerprint density at radius 2 is 2.33 bits per heavy atom. The van der Waals surface area contributed by atoms with Crippen LogP contribution in [0.4, 0.5) is 0 Å². The zero-order chi connectivity index (χ0) is 13.1. The Hall–Kier alpha value is -1.29. The van der Waals surface area contributed by atoms with E-state index in [0.717, 1.165) is 25.2 Å². The summed E-state index contributed by atoms with van der Waals surface area (Å²) in [4.78, 5) is 14.6. The first kappa shape index (κ1) is 13.1. The van der Waals surface area contributed by atoms with Crippen LogP contribution < -0.4 is 5.73 Å². The number of likely N-dealkylation sites (tertiary alicyclic amines) is 1. The molecule has 1 amide bonds. The molecule has 2 atom stereocenters. The molecule has 0 spiro atoms. The van der Waals surface area contributed by atoms with Crippen molar-refractivity contribution in [2.45, 2.75) is 39.3 Å². The fourth-order valence-corrected chi connectivity index (χ4v) is 2.89. The molecule has 100 valence electrons. The SMILES string of the molecule is CCn1cccc1C(=O)N1CCCC(C)C1CN. The maximum atomic E-state index is 12.6. The Balaban J connectivity index is 2.21. The van der Waals surface area contributed by atoms with Crippen molar-refractivity contribution in [3.8, 4) is 0 Å². The van der Waals surface area contributed by atoms with Crippen molar-refractivity contribution >= 4 is 5.91 Å². The fraction of sp³-hybridized carbons (Fsp3) is 0.643. The predicted molar refractivity (Wildman–Crippen MR) is 72.4 cm³/mol. The Morgan fingerprint density at radius 1 is 1.56 bits per heavy atom. The normalized spacial score (nSPS) is 24.3. The summed E-state index contributed by atoms with van der Waals surface area (Å²) in [5, 5.41) is 0. The quantitative estimate of drug-likeness (QED) is 0.886. The van der Waals surface area contributed by atoms with Crippen LogP contribution in [-0.2, 0) is 6.54 Å². The lowest BCUT2D eigenvalue weighted by Gasteiger charge is -2.39. The van der Waals surface area contributed by atoms with Gasteiger partial charge in [0.1, 0.15) is 5.69 Å². The van der Waals surface area contributed by atoms with Gasteiger partial charge in [0.25, 0.3) is 5.91 Å². The molecule has 0 aromatic carbocycles. The molecule has 4 heteroatoms. The lowest BCUT2D eigenvalue weighted by Crippen LogP contribution is -2.51. The molecule has 2 unspecified atom stereocenters. The van der Waals surface area contributed by atoms with Crippen LogP contribution in [0.5, 0.6) is 0 Å². The maximum absolute atomic E-state index is 12.6. The third-order valence-electron chi connectivity index (χ3n) is 4.01. The largest absolute Gasteiger partial charge is 0.344 e. The molecule has 0 bridgehead atoms. The number of hydrogen-bond acceptors (Lipinski definition) is 2. The van der Waals surface area contributed by atoms with Gasteiger partial charge in [0.05, 0.1) is 0 Å². The van der Waals surface area contributed by atoms with E-state index < -0.39 is 0 Å². The van der Waals surface area contributed by atoms with Gasteiger partial charge in [-0.05, 0) is 37.8 Å². The van der Waals surface area contributed by atoms with Crippen LogP contribution in [0.15, 0.2) is 18.3 Å². The van der Waals surface area contributed by atoms with Crippen molar-refractivity contribution < 1.29 is 4.79 Å². The van der Waals surface area contributed by atoms with E-state index in [4.69, 9.17) is 5.73 Å². The molecule has 4 nitrogen and oxygen atoms in total. The Labute approximate surface area is 109 Å². The number of carbonyl (C=O) groups excluding carboxylic acids is 1. The Bertz CT molecular complexity index is 413. The summed E-state index contributed by atoms with van der Waals surface area (Å²) in [6.07, 6.45) is 4.20. The van der Waals surface area contributed by atoms with Gasteiger partial charge in [-0.3, -0.25) is 4.79 Å². The molecular weight excluding hydrogens is 226 g/mol. The van der Waals surface area contributed by atoms with Gasteiger partial charge in [-0.1, -0.05) is 6.92 Å². The number of amides is 1. The van der Waals surface area contributed by atoms with Gasteiger partial charge in [0.15, 0.2) is 0 Å². The second-order valence-corrected chi connectivity index (χ2v) is 5.10.